The molecule has 0 aliphatic carbocycles. The van der Waals surface area contributed by atoms with Gasteiger partial charge in [-0.25, -0.2) is 12.8 Å². The fourth-order valence-electron chi connectivity index (χ4n) is 1.70. The lowest BCUT2D eigenvalue weighted by Crippen LogP contribution is -2.49. The summed E-state index contributed by atoms with van der Waals surface area (Å²) in [5, 5.41) is 2.53. The highest BCUT2D eigenvalue weighted by molar-refractivity contribution is 9.10. The van der Waals surface area contributed by atoms with Crippen molar-refractivity contribution < 1.29 is 17.6 Å². The van der Waals surface area contributed by atoms with Crippen molar-refractivity contribution in [1.82, 2.24) is 9.62 Å². The maximum atomic E-state index is 13.2. The summed E-state index contributed by atoms with van der Waals surface area (Å²) in [7, 11) is -3.89. The molecule has 0 radical (unpaired) electrons. The van der Waals surface area contributed by atoms with Crippen LogP contribution in [0.2, 0.25) is 0 Å². The molecule has 0 bridgehead atoms. The minimum Gasteiger partial charge on any atom is -0.396 e. The smallest absolute Gasteiger partial charge is 0.244 e. The van der Waals surface area contributed by atoms with Gasteiger partial charge in [0.25, 0.3) is 0 Å². The molecule has 1 aliphatic rings. The Bertz CT molecular complexity index is 635. The van der Waals surface area contributed by atoms with Gasteiger partial charge < -0.3 is 11.1 Å². The summed E-state index contributed by atoms with van der Waals surface area (Å²) in [6.45, 7) is 0.149. The van der Waals surface area contributed by atoms with Gasteiger partial charge in [-0.15, -0.1) is 0 Å². The molecule has 1 amide bonds. The first-order valence-corrected chi connectivity index (χ1v) is 7.57. The largest absolute Gasteiger partial charge is 0.396 e. The quantitative estimate of drug-likeness (QED) is 0.749. The van der Waals surface area contributed by atoms with Crippen LogP contribution in [0.5, 0.6) is 0 Å². The van der Waals surface area contributed by atoms with Crippen molar-refractivity contribution >= 4 is 37.5 Å². The molecule has 19 heavy (non-hydrogen) atoms. The standard InChI is InChI=1S/C10H11BrFN3O3S/c11-6-3-7(12)8(13)4-9(6)19(17,18)15-2-1-14-10(16)5-15/h3-4H,1-2,5,13H2,(H,14,16). The van der Waals surface area contributed by atoms with Crippen molar-refractivity contribution in [2.45, 2.75) is 4.90 Å². The van der Waals surface area contributed by atoms with Crippen LogP contribution in [0.15, 0.2) is 21.5 Å². The lowest BCUT2D eigenvalue weighted by atomic mass is 10.3. The third-order valence-corrected chi connectivity index (χ3v) is 5.48. The number of piperazine rings is 1. The number of carbonyl (C=O) groups excluding carboxylic acids is 1. The van der Waals surface area contributed by atoms with E-state index in [1.54, 1.807) is 0 Å². The van der Waals surface area contributed by atoms with Crippen LogP contribution in [0.25, 0.3) is 0 Å². The van der Waals surface area contributed by atoms with Crippen molar-refractivity contribution in [3.63, 3.8) is 0 Å². The number of hydrogen-bond acceptors (Lipinski definition) is 4. The summed E-state index contributed by atoms with van der Waals surface area (Å²) in [4.78, 5) is 11.1. The number of sulfonamides is 1. The average Bonchev–Trinajstić information content (AvgIpc) is 2.33. The van der Waals surface area contributed by atoms with Gasteiger partial charge >= 0.3 is 0 Å². The van der Waals surface area contributed by atoms with E-state index in [4.69, 9.17) is 5.73 Å². The molecule has 0 saturated carbocycles. The molecular formula is C10H11BrFN3O3S. The second kappa shape index (κ2) is 5.06. The zero-order valence-corrected chi connectivity index (χ0v) is 12.1. The predicted molar refractivity (Wildman–Crippen MR) is 70.3 cm³/mol. The van der Waals surface area contributed by atoms with Crippen molar-refractivity contribution in [3.8, 4) is 0 Å². The Balaban J connectivity index is 2.44. The number of hydrogen-bond donors (Lipinski definition) is 2. The van der Waals surface area contributed by atoms with Gasteiger partial charge in [0.15, 0.2) is 0 Å². The van der Waals surface area contributed by atoms with Crippen molar-refractivity contribution in [1.29, 1.82) is 0 Å². The van der Waals surface area contributed by atoms with Crippen molar-refractivity contribution in [2.75, 3.05) is 25.4 Å². The molecule has 1 fully saturated rings. The monoisotopic (exact) mass is 351 g/mol. The molecule has 6 nitrogen and oxygen atoms in total. The number of amides is 1. The van der Waals surface area contributed by atoms with Crippen LogP contribution in [-0.4, -0.2) is 38.3 Å². The molecule has 1 aromatic rings. The Hall–Kier alpha value is -1.19. The Labute approximate surface area is 117 Å². The van der Waals surface area contributed by atoms with Gasteiger partial charge in [-0.3, -0.25) is 4.79 Å². The highest BCUT2D eigenvalue weighted by Gasteiger charge is 2.31. The van der Waals surface area contributed by atoms with Crippen LogP contribution < -0.4 is 11.1 Å². The Morgan fingerprint density at radius 3 is 2.74 bits per heavy atom. The highest BCUT2D eigenvalue weighted by Crippen LogP contribution is 2.29. The number of nitrogen functional groups attached to an aromatic ring is 1. The van der Waals surface area contributed by atoms with E-state index in [-0.39, 0.29) is 40.6 Å². The van der Waals surface area contributed by atoms with E-state index in [9.17, 15) is 17.6 Å². The van der Waals surface area contributed by atoms with E-state index in [0.717, 1.165) is 16.4 Å². The number of nitrogens with zero attached hydrogens (tertiary/aromatic N) is 1. The number of anilines is 1. The minimum atomic E-state index is -3.89. The van der Waals surface area contributed by atoms with Gasteiger partial charge in [-0.05, 0) is 28.1 Å². The summed E-state index contributed by atoms with van der Waals surface area (Å²) in [5.41, 5.74) is 5.12. The normalized spacial score (nSPS) is 17.3. The number of halogens is 2. The topological polar surface area (TPSA) is 92.5 Å². The van der Waals surface area contributed by atoms with Crippen LogP contribution in [0, 0.1) is 5.82 Å². The molecule has 0 spiro atoms. The number of nitrogens with two attached hydrogens (primary N) is 1. The highest BCUT2D eigenvalue weighted by atomic mass is 79.9. The summed E-state index contributed by atoms with van der Waals surface area (Å²) in [5.74, 6) is -1.08. The van der Waals surface area contributed by atoms with Gasteiger partial charge in [0.2, 0.25) is 15.9 Å². The Morgan fingerprint density at radius 2 is 2.11 bits per heavy atom. The van der Waals surface area contributed by atoms with Gasteiger partial charge in [0.1, 0.15) is 5.82 Å². The molecule has 9 heteroatoms. The first-order chi connectivity index (χ1) is 8.82. The lowest BCUT2D eigenvalue weighted by Gasteiger charge is -2.26. The minimum absolute atomic E-state index is 0.0742. The molecule has 2 rings (SSSR count). The van der Waals surface area contributed by atoms with Crippen molar-refractivity contribution in [3.05, 3.63) is 22.4 Å². The van der Waals surface area contributed by atoms with E-state index in [0.29, 0.717) is 0 Å². The Morgan fingerprint density at radius 1 is 1.42 bits per heavy atom. The molecule has 104 valence electrons. The van der Waals surface area contributed by atoms with Crippen LogP contribution in [0.4, 0.5) is 10.1 Å². The molecule has 1 saturated heterocycles. The molecule has 1 aromatic carbocycles. The zero-order valence-electron chi connectivity index (χ0n) is 9.69. The number of benzene rings is 1. The molecule has 3 N–H and O–H groups in total. The molecule has 1 heterocycles. The fraction of sp³-hybridized carbons (Fsp3) is 0.300. The summed E-state index contributed by atoms with van der Waals surface area (Å²) in [6.07, 6.45) is 0. The lowest BCUT2D eigenvalue weighted by molar-refractivity contribution is -0.122. The van der Waals surface area contributed by atoms with E-state index in [1.807, 2.05) is 0 Å². The molecule has 0 unspecified atom stereocenters. The van der Waals surface area contributed by atoms with E-state index < -0.39 is 15.8 Å². The first kappa shape index (κ1) is 14.2. The van der Waals surface area contributed by atoms with Gasteiger partial charge in [0, 0.05) is 17.6 Å². The zero-order chi connectivity index (χ0) is 14.2. The summed E-state index contributed by atoms with van der Waals surface area (Å²) < 4.78 is 39.0. The van der Waals surface area contributed by atoms with Gasteiger partial charge in [-0.1, -0.05) is 0 Å². The number of nitrogens with one attached hydrogen (secondary N) is 1. The van der Waals surface area contributed by atoms with Gasteiger partial charge in [0.05, 0.1) is 17.1 Å². The van der Waals surface area contributed by atoms with Crippen molar-refractivity contribution in [2.24, 2.45) is 0 Å². The fourth-order valence-corrected chi connectivity index (χ4v) is 4.11. The predicted octanol–water partition coefficient (Wildman–Crippen LogP) is 0.291. The second-order valence-corrected chi connectivity index (χ2v) is 6.75. The van der Waals surface area contributed by atoms with E-state index in [2.05, 4.69) is 21.2 Å². The molecular weight excluding hydrogens is 341 g/mol. The van der Waals surface area contributed by atoms with E-state index in [1.165, 1.54) is 0 Å². The van der Waals surface area contributed by atoms with Crippen LogP contribution >= 0.6 is 15.9 Å². The van der Waals surface area contributed by atoms with Gasteiger partial charge in [-0.2, -0.15) is 4.31 Å². The van der Waals surface area contributed by atoms with Crippen LogP contribution in [0.1, 0.15) is 0 Å². The van der Waals surface area contributed by atoms with E-state index >= 15 is 0 Å². The third-order valence-electron chi connectivity index (χ3n) is 2.67. The summed E-state index contributed by atoms with van der Waals surface area (Å²) >= 11 is 3.00. The average molecular weight is 352 g/mol. The van der Waals surface area contributed by atoms with Crippen LogP contribution in [-0.2, 0) is 14.8 Å². The van der Waals surface area contributed by atoms with Crippen LogP contribution in [0.3, 0.4) is 0 Å². The molecule has 0 atom stereocenters. The summed E-state index contributed by atoms with van der Waals surface area (Å²) in [6, 6.07) is 2.04. The first-order valence-electron chi connectivity index (χ1n) is 5.34. The maximum absolute atomic E-state index is 13.2. The molecule has 1 aliphatic heterocycles. The third kappa shape index (κ3) is 2.72. The number of carbonyl (C=O) groups is 1. The SMILES string of the molecule is Nc1cc(S(=O)(=O)N2CCNC(=O)C2)c(Br)cc1F. The molecule has 0 aromatic heterocycles. The second-order valence-electron chi connectivity index (χ2n) is 3.99. The maximum Gasteiger partial charge on any atom is 0.244 e. The Kier molecular flexibility index (Phi) is 3.79. The number of rotatable bonds is 2.